The quantitative estimate of drug-likeness (QED) is 0.567. The van der Waals surface area contributed by atoms with Crippen molar-refractivity contribution in [3.05, 3.63) is 97.6 Å². The minimum atomic E-state index is -0.771. The average Bonchev–Trinajstić information content (AvgIpc) is 2.71. The fraction of sp³-hybridized carbons (Fsp3) is 0.174. The summed E-state index contributed by atoms with van der Waals surface area (Å²) in [5.74, 6) is -1.47. The minimum absolute atomic E-state index is 0.103. The van der Waals surface area contributed by atoms with Gasteiger partial charge in [-0.2, -0.15) is 5.26 Å². The van der Waals surface area contributed by atoms with Gasteiger partial charge in [0.2, 0.25) is 5.88 Å². The molecule has 0 aromatic heterocycles. The number of nitrogens with two attached hydrogens (primary N) is 1. The summed E-state index contributed by atoms with van der Waals surface area (Å²) >= 11 is 12.5. The van der Waals surface area contributed by atoms with Crippen LogP contribution in [-0.4, -0.2) is 0 Å². The highest BCUT2D eigenvalue weighted by atomic mass is 35.5. The van der Waals surface area contributed by atoms with Crippen molar-refractivity contribution in [3.8, 4) is 6.07 Å². The molecule has 0 amide bonds. The van der Waals surface area contributed by atoms with Crippen molar-refractivity contribution in [2.45, 2.75) is 25.2 Å². The topological polar surface area (TPSA) is 59.0 Å². The summed E-state index contributed by atoms with van der Waals surface area (Å²) in [6, 6.07) is 10.9. The van der Waals surface area contributed by atoms with E-state index < -0.39 is 17.6 Å². The molecule has 152 valence electrons. The van der Waals surface area contributed by atoms with E-state index >= 15 is 0 Å². The second-order valence-electron chi connectivity index (χ2n) is 7.07. The lowest BCUT2D eigenvalue weighted by molar-refractivity contribution is 0.276. The molecule has 0 fully saturated rings. The summed E-state index contributed by atoms with van der Waals surface area (Å²) in [6.45, 7) is 0. The van der Waals surface area contributed by atoms with E-state index in [1.54, 1.807) is 18.2 Å². The fourth-order valence-electron chi connectivity index (χ4n) is 3.98. The van der Waals surface area contributed by atoms with Gasteiger partial charge in [-0.05, 0) is 60.8 Å². The molecule has 0 radical (unpaired) electrons. The Bertz CT molecular complexity index is 1140. The van der Waals surface area contributed by atoms with Gasteiger partial charge in [0.1, 0.15) is 29.0 Å². The van der Waals surface area contributed by atoms with Gasteiger partial charge in [-0.15, -0.1) is 0 Å². The molecule has 3 nitrogen and oxygen atoms in total. The van der Waals surface area contributed by atoms with Gasteiger partial charge in [-0.3, -0.25) is 0 Å². The Kier molecular flexibility index (Phi) is 5.55. The maximum atomic E-state index is 14.8. The third kappa shape index (κ3) is 3.47. The number of nitriles is 1. The second kappa shape index (κ2) is 8.14. The van der Waals surface area contributed by atoms with Crippen LogP contribution in [0.25, 0.3) is 6.08 Å². The lowest BCUT2D eigenvalue weighted by Gasteiger charge is -2.33. The first kappa shape index (κ1) is 20.5. The molecule has 30 heavy (non-hydrogen) atoms. The molecule has 7 heteroatoms. The highest BCUT2D eigenvalue weighted by Gasteiger charge is 2.38. The van der Waals surface area contributed by atoms with Crippen LogP contribution in [0.3, 0.4) is 0 Å². The highest BCUT2D eigenvalue weighted by molar-refractivity contribution is 6.32. The third-order valence-electron chi connectivity index (χ3n) is 5.32. The Balaban J connectivity index is 1.92. The largest absolute Gasteiger partial charge is 0.440 e. The van der Waals surface area contributed by atoms with Crippen LogP contribution in [0.15, 0.2) is 64.8 Å². The molecule has 0 saturated heterocycles. The molecule has 2 aromatic rings. The smallest absolute Gasteiger partial charge is 0.205 e. The summed E-state index contributed by atoms with van der Waals surface area (Å²) in [7, 11) is 0. The molecule has 1 heterocycles. The molecular weight excluding hydrogens is 429 g/mol. The number of benzene rings is 2. The zero-order chi connectivity index (χ0) is 21.4. The van der Waals surface area contributed by atoms with E-state index in [1.165, 1.54) is 24.3 Å². The van der Waals surface area contributed by atoms with E-state index in [9.17, 15) is 14.0 Å². The highest BCUT2D eigenvalue weighted by Crippen LogP contribution is 2.49. The van der Waals surface area contributed by atoms with E-state index in [-0.39, 0.29) is 32.6 Å². The molecule has 0 spiro atoms. The maximum absolute atomic E-state index is 14.8. The van der Waals surface area contributed by atoms with Crippen molar-refractivity contribution < 1.29 is 13.5 Å². The van der Waals surface area contributed by atoms with Crippen LogP contribution in [-0.2, 0) is 4.74 Å². The molecule has 4 rings (SSSR count). The van der Waals surface area contributed by atoms with Crippen molar-refractivity contribution in [1.82, 2.24) is 0 Å². The van der Waals surface area contributed by atoms with Gasteiger partial charge >= 0.3 is 0 Å². The number of rotatable bonds is 2. The normalized spacial score (nSPS) is 20.1. The Morgan fingerprint density at radius 2 is 1.77 bits per heavy atom. The monoisotopic (exact) mass is 444 g/mol. The van der Waals surface area contributed by atoms with Gasteiger partial charge in [0.05, 0.1) is 10.9 Å². The predicted molar refractivity (Wildman–Crippen MR) is 112 cm³/mol. The number of ether oxygens (including phenoxy) is 1. The minimum Gasteiger partial charge on any atom is -0.440 e. The third-order valence-corrected chi connectivity index (χ3v) is 5.98. The van der Waals surface area contributed by atoms with Gasteiger partial charge in [0.25, 0.3) is 0 Å². The Hall–Kier alpha value is -2.81. The van der Waals surface area contributed by atoms with E-state index in [0.29, 0.717) is 36.2 Å². The van der Waals surface area contributed by atoms with Crippen LogP contribution in [0.1, 0.15) is 36.3 Å². The zero-order valence-corrected chi connectivity index (χ0v) is 17.2. The van der Waals surface area contributed by atoms with Crippen LogP contribution in [0, 0.1) is 23.0 Å². The van der Waals surface area contributed by atoms with Gasteiger partial charge in [-0.25, -0.2) is 8.78 Å². The van der Waals surface area contributed by atoms with E-state index in [2.05, 4.69) is 0 Å². The first-order valence-corrected chi connectivity index (χ1v) is 10.1. The number of halogens is 4. The standard InChI is InChI=1S/C23H16Cl2F2N2O/c24-16-6-2-8-18(26)14(16)10-12-4-1-5-13-20(15(11-28)23(29)30-22(12)13)21-17(25)7-3-9-19(21)27/h2-3,6-10,20H,1,4-5,29H2/b12-10+/t20-/m0/s1. The lowest BCUT2D eigenvalue weighted by atomic mass is 9.76. The van der Waals surface area contributed by atoms with Crippen molar-refractivity contribution >= 4 is 29.3 Å². The number of hydrogen-bond donors (Lipinski definition) is 1. The summed E-state index contributed by atoms with van der Waals surface area (Å²) in [4.78, 5) is 0. The van der Waals surface area contributed by atoms with Gasteiger partial charge in [-0.1, -0.05) is 35.3 Å². The average molecular weight is 445 g/mol. The summed E-state index contributed by atoms with van der Waals surface area (Å²) in [6.07, 6.45) is 3.49. The van der Waals surface area contributed by atoms with Crippen LogP contribution < -0.4 is 5.73 Å². The Morgan fingerprint density at radius 1 is 1.07 bits per heavy atom. The van der Waals surface area contributed by atoms with Gasteiger partial charge in [0.15, 0.2) is 0 Å². The van der Waals surface area contributed by atoms with Crippen LogP contribution in [0.4, 0.5) is 8.78 Å². The SMILES string of the molecule is N#CC1=C(N)OC2=C(CCC/C2=C\c2c(F)cccc2Cl)[C@@H]1c1c(F)cccc1Cl. The summed E-state index contributed by atoms with van der Waals surface area (Å²) < 4.78 is 34.9. The van der Waals surface area contributed by atoms with Gasteiger partial charge in [0, 0.05) is 16.1 Å². The molecule has 2 N–H and O–H groups in total. The molecular formula is C23H16Cl2F2N2O. The molecule has 0 unspecified atom stereocenters. The van der Waals surface area contributed by atoms with Crippen molar-refractivity contribution in [1.29, 1.82) is 5.26 Å². The van der Waals surface area contributed by atoms with Crippen molar-refractivity contribution in [3.63, 3.8) is 0 Å². The number of hydrogen-bond acceptors (Lipinski definition) is 3. The molecule has 1 atom stereocenters. The molecule has 1 aliphatic carbocycles. The lowest BCUT2D eigenvalue weighted by Crippen LogP contribution is -2.24. The van der Waals surface area contributed by atoms with Crippen LogP contribution in [0.5, 0.6) is 0 Å². The van der Waals surface area contributed by atoms with E-state index in [4.69, 9.17) is 33.7 Å². The van der Waals surface area contributed by atoms with E-state index in [0.717, 1.165) is 0 Å². The molecule has 1 aliphatic heterocycles. The summed E-state index contributed by atoms with van der Waals surface area (Å²) in [5, 5.41) is 10.2. The maximum Gasteiger partial charge on any atom is 0.205 e. The first-order chi connectivity index (χ1) is 14.4. The second-order valence-corrected chi connectivity index (χ2v) is 7.89. The van der Waals surface area contributed by atoms with E-state index in [1.807, 2.05) is 6.07 Å². The van der Waals surface area contributed by atoms with Crippen molar-refractivity contribution in [2.75, 3.05) is 0 Å². The Morgan fingerprint density at radius 3 is 2.43 bits per heavy atom. The number of allylic oxidation sites excluding steroid dienone is 3. The molecule has 2 aromatic carbocycles. The van der Waals surface area contributed by atoms with Crippen molar-refractivity contribution in [2.24, 2.45) is 5.73 Å². The first-order valence-electron chi connectivity index (χ1n) is 9.31. The molecule has 0 saturated carbocycles. The van der Waals surface area contributed by atoms with Gasteiger partial charge < -0.3 is 10.5 Å². The zero-order valence-electron chi connectivity index (χ0n) is 15.7. The predicted octanol–water partition coefficient (Wildman–Crippen LogP) is 6.60. The molecule has 2 aliphatic rings. The van der Waals surface area contributed by atoms with Crippen LogP contribution >= 0.6 is 23.2 Å². The number of nitrogens with zero attached hydrogens (tertiary/aromatic N) is 1. The Labute approximate surface area is 182 Å². The fourth-order valence-corrected chi connectivity index (χ4v) is 4.47. The summed E-state index contributed by atoms with van der Waals surface area (Å²) in [5.41, 5.74) is 7.94. The van der Waals surface area contributed by atoms with Crippen LogP contribution in [0.2, 0.25) is 10.0 Å². The molecule has 0 bridgehead atoms.